The Morgan fingerprint density at radius 1 is 0.688 bits per heavy atom. The fourth-order valence-corrected chi connectivity index (χ4v) is 3.62. The molecule has 0 aromatic heterocycles. The zero-order valence-electron chi connectivity index (χ0n) is 19.9. The highest BCUT2D eigenvalue weighted by atomic mass is 16.7. The van der Waals surface area contributed by atoms with Crippen LogP contribution in [0, 0.1) is 0 Å². The molecule has 0 amide bonds. The molecule has 0 bridgehead atoms. The summed E-state index contributed by atoms with van der Waals surface area (Å²) in [5.41, 5.74) is -0.219. The Labute approximate surface area is 193 Å². The van der Waals surface area contributed by atoms with Gasteiger partial charge in [0.2, 0.25) is 0 Å². The quantitative estimate of drug-likeness (QED) is 0.124. The number of carboxylic acids is 2. The molecule has 0 aromatic rings. The van der Waals surface area contributed by atoms with E-state index in [2.05, 4.69) is 17.2 Å². The highest BCUT2D eigenvalue weighted by Gasteiger charge is 2.41. The van der Waals surface area contributed by atoms with Crippen LogP contribution >= 0.6 is 0 Å². The van der Waals surface area contributed by atoms with Crippen molar-refractivity contribution in [3.05, 3.63) is 0 Å². The molecule has 0 spiro atoms. The summed E-state index contributed by atoms with van der Waals surface area (Å²) in [6, 6.07) is 0. The van der Waals surface area contributed by atoms with E-state index in [0.29, 0.717) is 6.54 Å². The van der Waals surface area contributed by atoms with E-state index in [1.54, 1.807) is 0 Å². The molecular weight excluding hydrogens is 414 g/mol. The molecular formula is C24H45NO7. The van der Waals surface area contributed by atoms with Gasteiger partial charge in [-0.05, 0) is 6.42 Å². The minimum Gasteiger partial charge on any atom is -0.481 e. The average Bonchev–Trinajstić information content (AvgIpc) is 2.72. The van der Waals surface area contributed by atoms with Crippen molar-refractivity contribution in [3.8, 4) is 0 Å². The molecule has 32 heavy (non-hydrogen) atoms. The standard InChI is InChI=1S/C24H45NO7/c1-2-3-4-5-6-7-8-9-10-11-12-13-14-15-16-17-18-25-32-22(28)20-24(31,23(29)30)19-21(26)27/h25,31H,2-20H2,1H3,(H,26,27)(H,29,30). The van der Waals surface area contributed by atoms with E-state index in [1.165, 1.54) is 83.5 Å². The van der Waals surface area contributed by atoms with E-state index in [-0.39, 0.29) is 0 Å². The number of aliphatic carboxylic acids is 2. The van der Waals surface area contributed by atoms with Gasteiger partial charge in [0.1, 0.15) is 0 Å². The number of unbranched alkanes of at least 4 members (excludes halogenated alkanes) is 15. The minimum atomic E-state index is -2.67. The second-order valence-corrected chi connectivity index (χ2v) is 8.76. The van der Waals surface area contributed by atoms with Gasteiger partial charge in [-0.25, -0.2) is 4.79 Å². The molecule has 0 saturated heterocycles. The topological polar surface area (TPSA) is 133 Å². The molecule has 0 rings (SSSR count). The van der Waals surface area contributed by atoms with Crippen molar-refractivity contribution >= 4 is 17.9 Å². The smallest absolute Gasteiger partial charge is 0.336 e. The molecule has 0 aliphatic heterocycles. The first-order valence-electron chi connectivity index (χ1n) is 12.4. The predicted molar refractivity (Wildman–Crippen MR) is 123 cm³/mol. The lowest BCUT2D eigenvalue weighted by atomic mass is 9.96. The lowest BCUT2D eigenvalue weighted by Gasteiger charge is -2.20. The van der Waals surface area contributed by atoms with E-state index in [9.17, 15) is 19.5 Å². The van der Waals surface area contributed by atoms with Gasteiger partial charge < -0.3 is 20.2 Å². The summed E-state index contributed by atoms with van der Waals surface area (Å²) >= 11 is 0. The summed E-state index contributed by atoms with van der Waals surface area (Å²) in [4.78, 5) is 37.9. The van der Waals surface area contributed by atoms with Crippen LogP contribution in [-0.4, -0.2) is 45.4 Å². The molecule has 4 N–H and O–H groups in total. The van der Waals surface area contributed by atoms with E-state index in [0.717, 1.165) is 19.3 Å². The summed E-state index contributed by atoms with van der Waals surface area (Å²) < 4.78 is 0. The van der Waals surface area contributed by atoms with Crippen molar-refractivity contribution in [1.82, 2.24) is 5.48 Å². The number of carbonyl (C=O) groups excluding carboxylic acids is 1. The van der Waals surface area contributed by atoms with Crippen LogP contribution in [0.4, 0.5) is 0 Å². The fraction of sp³-hybridized carbons (Fsp3) is 0.875. The molecule has 0 aromatic carbocycles. The predicted octanol–water partition coefficient (Wildman–Crippen LogP) is 4.98. The third kappa shape index (κ3) is 18.0. The van der Waals surface area contributed by atoms with Gasteiger partial charge in [0.15, 0.2) is 5.60 Å². The second kappa shape index (κ2) is 20.0. The second-order valence-electron chi connectivity index (χ2n) is 8.76. The van der Waals surface area contributed by atoms with Crippen LogP contribution in [0.25, 0.3) is 0 Å². The van der Waals surface area contributed by atoms with Crippen LogP contribution in [0.5, 0.6) is 0 Å². The van der Waals surface area contributed by atoms with Gasteiger partial charge in [-0.1, -0.05) is 103 Å². The van der Waals surface area contributed by atoms with Crippen molar-refractivity contribution in [2.24, 2.45) is 0 Å². The van der Waals surface area contributed by atoms with Gasteiger partial charge in [0.05, 0.1) is 12.8 Å². The number of hydrogen-bond donors (Lipinski definition) is 4. The normalized spacial score (nSPS) is 12.9. The lowest BCUT2D eigenvalue weighted by molar-refractivity contribution is -0.174. The number of hydrogen-bond acceptors (Lipinski definition) is 6. The van der Waals surface area contributed by atoms with Crippen LogP contribution in [0.15, 0.2) is 0 Å². The highest BCUT2D eigenvalue weighted by Crippen LogP contribution is 2.17. The summed E-state index contributed by atoms with van der Waals surface area (Å²) in [6.07, 6.45) is 18.3. The van der Waals surface area contributed by atoms with Crippen LogP contribution in [0.2, 0.25) is 0 Å². The van der Waals surface area contributed by atoms with Crippen molar-refractivity contribution in [2.75, 3.05) is 6.54 Å². The Balaban J connectivity index is 3.46. The van der Waals surface area contributed by atoms with Crippen LogP contribution in [-0.2, 0) is 19.2 Å². The van der Waals surface area contributed by atoms with Crippen molar-refractivity contribution in [1.29, 1.82) is 0 Å². The fourth-order valence-electron chi connectivity index (χ4n) is 3.62. The largest absolute Gasteiger partial charge is 0.481 e. The summed E-state index contributed by atoms with van der Waals surface area (Å²) in [5.74, 6) is -4.29. The van der Waals surface area contributed by atoms with E-state index < -0.39 is 36.4 Å². The summed E-state index contributed by atoms with van der Waals surface area (Å²) in [6.45, 7) is 2.68. The lowest BCUT2D eigenvalue weighted by Crippen LogP contribution is -2.43. The third-order valence-corrected chi connectivity index (χ3v) is 5.60. The Morgan fingerprint density at radius 2 is 1.09 bits per heavy atom. The first-order chi connectivity index (χ1) is 15.3. The maximum atomic E-state index is 11.6. The number of carbonyl (C=O) groups is 3. The van der Waals surface area contributed by atoms with Gasteiger partial charge in [-0.3, -0.25) is 9.59 Å². The van der Waals surface area contributed by atoms with Gasteiger partial charge in [-0.15, -0.1) is 0 Å². The van der Waals surface area contributed by atoms with E-state index in [1.807, 2.05) is 0 Å². The van der Waals surface area contributed by atoms with E-state index >= 15 is 0 Å². The number of hydroxylamine groups is 1. The molecule has 0 heterocycles. The molecule has 0 fully saturated rings. The first kappa shape index (κ1) is 30.3. The van der Waals surface area contributed by atoms with Gasteiger partial charge in [0, 0.05) is 6.54 Å². The Kier molecular flexibility index (Phi) is 18.9. The Hall–Kier alpha value is -1.67. The first-order valence-corrected chi connectivity index (χ1v) is 12.4. The molecule has 0 aliphatic carbocycles. The SMILES string of the molecule is CCCCCCCCCCCCCCCCCCNOC(=O)CC(O)(CC(=O)O)C(=O)O. The highest BCUT2D eigenvalue weighted by molar-refractivity contribution is 5.88. The number of nitrogens with one attached hydrogen (secondary N) is 1. The van der Waals surface area contributed by atoms with Crippen LogP contribution in [0.3, 0.4) is 0 Å². The maximum Gasteiger partial charge on any atom is 0.336 e. The number of rotatable bonds is 23. The zero-order valence-corrected chi connectivity index (χ0v) is 19.9. The molecule has 0 aliphatic rings. The van der Waals surface area contributed by atoms with Crippen molar-refractivity contribution in [3.63, 3.8) is 0 Å². The van der Waals surface area contributed by atoms with Crippen LogP contribution < -0.4 is 5.48 Å². The average molecular weight is 460 g/mol. The third-order valence-electron chi connectivity index (χ3n) is 5.60. The molecule has 0 radical (unpaired) electrons. The van der Waals surface area contributed by atoms with Gasteiger partial charge in [0.25, 0.3) is 0 Å². The van der Waals surface area contributed by atoms with Gasteiger partial charge in [-0.2, -0.15) is 5.48 Å². The maximum absolute atomic E-state index is 11.6. The Morgan fingerprint density at radius 3 is 1.47 bits per heavy atom. The van der Waals surface area contributed by atoms with E-state index in [4.69, 9.17) is 10.2 Å². The monoisotopic (exact) mass is 459 g/mol. The summed E-state index contributed by atoms with van der Waals surface area (Å²) in [7, 11) is 0. The molecule has 1 unspecified atom stereocenters. The van der Waals surface area contributed by atoms with Crippen LogP contribution in [0.1, 0.15) is 122 Å². The molecule has 8 heteroatoms. The van der Waals surface area contributed by atoms with Crippen molar-refractivity contribution < 1.29 is 34.5 Å². The Bertz CT molecular complexity index is 513. The molecule has 0 saturated carbocycles. The molecule has 8 nitrogen and oxygen atoms in total. The number of carboxylic acid groups (broad SMARTS) is 2. The minimum absolute atomic E-state index is 0.425. The van der Waals surface area contributed by atoms with Gasteiger partial charge >= 0.3 is 17.9 Å². The van der Waals surface area contributed by atoms with Crippen molar-refractivity contribution in [2.45, 2.75) is 128 Å². The number of aliphatic hydroxyl groups is 1. The molecule has 188 valence electrons. The zero-order chi connectivity index (χ0) is 24.1. The summed E-state index contributed by atoms with van der Waals surface area (Å²) in [5, 5.41) is 27.3. The molecule has 1 atom stereocenters.